The molecule has 186 valence electrons. The standard InChI is InChI=1S/C26H22F2N2O5S/c1-15-18-9-8-17(34-24-20(27)6-4-12-29-24)14-22(18)35-25(31)19(15)13-16-5-3-7-21(23(16)28)30-36(32,33)26(2)10-11-26/h3-9,12,14,30H,10-11,13H2,1-2H3. The van der Waals surface area contributed by atoms with Crippen LogP contribution in [0, 0.1) is 18.6 Å². The first kappa shape index (κ1) is 23.9. The van der Waals surface area contributed by atoms with E-state index in [1.807, 2.05) is 0 Å². The average molecular weight is 513 g/mol. The Morgan fingerprint density at radius 1 is 1.14 bits per heavy atom. The summed E-state index contributed by atoms with van der Waals surface area (Å²) in [7, 11) is -3.74. The van der Waals surface area contributed by atoms with Crippen molar-refractivity contribution in [3.63, 3.8) is 0 Å². The van der Waals surface area contributed by atoms with Gasteiger partial charge in [0.1, 0.15) is 11.3 Å². The molecule has 0 atom stereocenters. The number of ether oxygens (including phenoxy) is 1. The smallest absolute Gasteiger partial charge is 0.340 e. The molecule has 0 aliphatic heterocycles. The molecule has 0 spiro atoms. The number of aromatic nitrogens is 1. The van der Waals surface area contributed by atoms with Crippen LogP contribution in [-0.2, 0) is 16.4 Å². The van der Waals surface area contributed by atoms with Gasteiger partial charge >= 0.3 is 5.63 Å². The summed E-state index contributed by atoms with van der Waals surface area (Å²) in [5.74, 6) is -1.37. The molecule has 10 heteroatoms. The van der Waals surface area contributed by atoms with Crippen LogP contribution in [0.4, 0.5) is 14.5 Å². The van der Waals surface area contributed by atoms with E-state index in [0.29, 0.717) is 23.8 Å². The molecule has 36 heavy (non-hydrogen) atoms. The van der Waals surface area contributed by atoms with E-state index in [-0.39, 0.29) is 40.4 Å². The number of hydrogen-bond donors (Lipinski definition) is 1. The summed E-state index contributed by atoms with van der Waals surface area (Å²) in [5, 5.41) is 0.595. The van der Waals surface area contributed by atoms with Crippen LogP contribution >= 0.6 is 0 Å². The van der Waals surface area contributed by atoms with Crippen LogP contribution in [0.15, 0.2) is 63.9 Å². The minimum absolute atomic E-state index is 0.0971. The summed E-state index contributed by atoms with van der Waals surface area (Å²) in [4.78, 5) is 16.7. The van der Waals surface area contributed by atoms with E-state index in [4.69, 9.17) is 9.15 Å². The second-order valence-electron chi connectivity index (χ2n) is 9.05. The highest BCUT2D eigenvalue weighted by Crippen LogP contribution is 2.43. The molecule has 0 amide bonds. The highest BCUT2D eigenvalue weighted by atomic mass is 32.2. The Labute approximate surface area is 205 Å². The third kappa shape index (κ3) is 4.32. The molecule has 0 unspecified atom stereocenters. The van der Waals surface area contributed by atoms with E-state index in [0.717, 1.165) is 0 Å². The first-order valence-corrected chi connectivity index (χ1v) is 12.7. The minimum Gasteiger partial charge on any atom is -0.436 e. The maximum Gasteiger partial charge on any atom is 0.340 e. The van der Waals surface area contributed by atoms with Gasteiger partial charge < -0.3 is 9.15 Å². The van der Waals surface area contributed by atoms with Crippen molar-refractivity contribution < 1.29 is 26.4 Å². The van der Waals surface area contributed by atoms with Gasteiger partial charge in [-0.05, 0) is 68.1 Å². The van der Waals surface area contributed by atoms with E-state index < -0.39 is 32.0 Å². The van der Waals surface area contributed by atoms with Gasteiger partial charge in [-0.2, -0.15) is 0 Å². The highest BCUT2D eigenvalue weighted by Gasteiger charge is 2.50. The van der Waals surface area contributed by atoms with Gasteiger partial charge in [-0.3, -0.25) is 4.72 Å². The van der Waals surface area contributed by atoms with Crippen LogP contribution in [0.5, 0.6) is 11.6 Å². The average Bonchev–Trinajstić information content (AvgIpc) is 3.59. The van der Waals surface area contributed by atoms with Crippen LogP contribution in [0.2, 0.25) is 0 Å². The zero-order chi connectivity index (χ0) is 25.7. The first-order chi connectivity index (χ1) is 17.1. The zero-order valence-electron chi connectivity index (χ0n) is 19.5. The third-order valence-electron chi connectivity index (χ3n) is 6.49. The maximum atomic E-state index is 15.3. The molecule has 0 radical (unpaired) electrons. The Morgan fingerprint density at radius 3 is 2.64 bits per heavy atom. The van der Waals surface area contributed by atoms with Crippen molar-refractivity contribution in [1.82, 2.24) is 4.98 Å². The number of fused-ring (bicyclic) bond motifs is 1. The van der Waals surface area contributed by atoms with E-state index >= 15 is 4.39 Å². The fourth-order valence-corrected chi connectivity index (χ4v) is 5.23. The van der Waals surface area contributed by atoms with Gasteiger partial charge in [0.05, 0.1) is 10.4 Å². The van der Waals surface area contributed by atoms with Crippen molar-refractivity contribution in [3.05, 3.63) is 93.5 Å². The van der Waals surface area contributed by atoms with Gasteiger partial charge in [0, 0.05) is 29.6 Å². The monoisotopic (exact) mass is 512 g/mol. The molecule has 2 aromatic heterocycles. The second kappa shape index (κ2) is 8.70. The number of aryl methyl sites for hydroxylation is 1. The van der Waals surface area contributed by atoms with E-state index in [1.165, 1.54) is 42.6 Å². The Morgan fingerprint density at radius 2 is 1.92 bits per heavy atom. The van der Waals surface area contributed by atoms with E-state index in [1.54, 1.807) is 26.0 Å². The van der Waals surface area contributed by atoms with Gasteiger partial charge in [-0.25, -0.2) is 27.0 Å². The number of sulfonamides is 1. The number of benzene rings is 2. The third-order valence-corrected chi connectivity index (χ3v) is 8.69. The Bertz CT molecular complexity index is 1660. The van der Waals surface area contributed by atoms with Crippen molar-refractivity contribution in [2.45, 2.75) is 37.9 Å². The molecule has 0 bridgehead atoms. The van der Waals surface area contributed by atoms with Gasteiger partial charge in [0.2, 0.25) is 10.0 Å². The summed E-state index contributed by atoms with van der Waals surface area (Å²) < 4.78 is 66.6. The molecule has 2 heterocycles. The molecule has 0 saturated heterocycles. The lowest BCUT2D eigenvalue weighted by atomic mass is 9.99. The van der Waals surface area contributed by atoms with Gasteiger partial charge in [0.15, 0.2) is 11.6 Å². The fourth-order valence-electron chi connectivity index (χ4n) is 3.90. The predicted molar refractivity (Wildman–Crippen MR) is 131 cm³/mol. The fraction of sp³-hybridized carbons (Fsp3) is 0.231. The normalized spacial score (nSPS) is 14.6. The van der Waals surface area contributed by atoms with Crippen molar-refractivity contribution in [2.24, 2.45) is 0 Å². The molecular weight excluding hydrogens is 490 g/mol. The van der Waals surface area contributed by atoms with Crippen LogP contribution in [0.1, 0.15) is 36.5 Å². The summed E-state index contributed by atoms with van der Waals surface area (Å²) in [6.07, 6.45) is 2.33. The second-order valence-corrected chi connectivity index (χ2v) is 11.3. The number of halogens is 2. The topological polar surface area (TPSA) is 98.5 Å². The molecule has 1 aliphatic carbocycles. The van der Waals surface area contributed by atoms with E-state index in [2.05, 4.69) is 9.71 Å². The summed E-state index contributed by atoms with van der Waals surface area (Å²) in [5.41, 5.74) is 0.350. The first-order valence-electron chi connectivity index (χ1n) is 11.2. The molecule has 1 N–H and O–H groups in total. The van der Waals surface area contributed by atoms with Crippen molar-refractivity contribution >= 4 is 26.7 Å². The number of hydrogen-bond acceptors (Lipinski definition) is 6. The molecular formula is C26H22F2N2O5S. The van der Waals surface area contributed by atoms with E-state index in [9.17, 15) is 17.6 Å². The largest absolute Gasteiger partial charge is 0.436 e. The van der Waals surface area contributed by atoms with Crippen LogP contribution < -0.4 is 15.1 Å². The summed E-state index contributed by atoms with van der Waals surface area (Å²) in [6.45, 7) is 3.33. The van der Waals surface area contributed by atoms with Gasteiger partial charge in [-0.1, -0.05) is 12.1 Å². The number of nitrogens with zero attached hydrogens (tertiary/aromatic N) is 1. The molecule has 1 saturated carbocycles. The quantitative estimate of drug-likeness (QED) is 0.331. The summed E-state index contributed by atoms with van der Waals surface area (Å²) in [6, 6.07) is 11.7. The number of rotatable bonds is 7. The molecule has 4 aromatic rings. The molecule has 1 aliphatic rings. The van der Waals surface area contributed by atoms with Gasteiger partial charge in [-0.15, -0.1) is 0 Å². The number of nitrogens with one attached hydrogen (secondary N) is 1. The minimum atomic E-state index is -3.74. The molecule has 5 rings (SSSR count). The van der Waals surface area contributed by atoms with Crippen LogP contribution in [0.3, 0.4) is 0 Å². The molecule has 1 fully saturated rings. The number of pyridine rings is 1. The Balaban J connectivity index is 1.46. The Hall–Kier alpha value is -3.79. The van der Waals surface area contributed by atoms with Crippen molar-refractivity contribution in [1.29, 1.82) is 0 Å². The van der Waals surface area contributed by atoms with Crippen molar-refractivity contribution in [2.75, 3.05) is 4.72 Å². The van der Waals surface area contributed by atoms with Gasteiger partial charge in [0.25, 0.3) is 5.88 Å². The highest BCUT2D eigenvalue weighted by molar-refractivity contribution is 7.94. The van der Waals surface area contributed by atoms with Crippen LogP contribution in [-0.4, -0.2) is 18.1 Å². The SMILES string of the molecule is Cc1c(Cc2cccc(NS(=O)(=O)C3(C)CC3)c2F)c(=O)oc2cc(Oc3ncccc3F)ccc12. The molecule has 2 aromatic carbocycles. The lowest BCUT2D eigenvalue weighted by Crippen LogP contribution is -2.27. The number of anilines is 1. The van der Waals surface area contributed by atoms with Crippen LogP contribution in [0.25, 0.3) is 11.0 Å². The lowest BCUT2D eigenvalue weighted by molar-refractivity contribution is 0.422. The van der Waals surface area contributed by atoms with Crippen molar-refractivity contribution in [3.8, 4) is 11.6 Å². The lowest BCUT2D eigenvalue weighted by Gasteiger charge is -2.15. The maximum absolute atomic E-state index is 15.3. The zero-order valence-corrected chi connectivity index (χ0v) is 20.3. The molecule has 7 nitrogen and oxygen atoms in total. The Kier molecular flexibility index (Phi) is 5.78. The predicted octanol–water partition coefficient (Wildman–Crippen LogP) is 5.45. The summed E-state index contributed by atoms with van der Waals surface area (Å²) >= 11 is 0.